The fourth-order valence-electron chi connectivity index (χ4n) is 2.89. The van der Waals surface area contributed by atoms with Gasteiger partial charge in [0.25, 0.3) is 0 Å². The summed E-state index contributed by atoms with van der Waals surface area (Å²) in [5, 5.41) is 3.46. The van der Waals surface area contributed by atoms with E-state index >= 15 is 0 Å². The van der Waals surface area contributed by atoms with Gasteiger partial charge in [-0.05, 0) is 37.4 Å². The second kappa shape index (κ2) is 4.86. The number of hydrogen-bond acceptors (Lipinski definition) is 4. The van der Waals surface area contributed by atoms with Crippen LogP contribution in [-0.4, -0.2) is 31.2 Å². The highest BCUT2D eigenvalue weighted by molar-refractivity contribution is 7.91. The first kappa shape index (κ1) is 13.6. The van der Waals surface area contributed by atoms with Gasteiger partial charge < -0.3 is 10.3 Å². The van der Waals surface area contributed by atoms with Gasteiger partial charge in [-0.25, -0.2) is 13.4 Å². The van der Waals surface area contributed by atoms with Crippen LogP contribution in [0.5, 0.6) is 0 Å². The Hall–Kier alpha value is -1.40. The minimum atomic E-state index is -3.26. The fourth-order valence-corrected chi connectivity index (χ4v) is 3.72. The number of aromatic nitrogens is 2. The summed E-state index contributed by atoms with van der Waals surface area (Å²) in [7, 11) is -3.26. The van der Waals surface area contributed by atoms with Crippen LogP contribution in [-0.2, 0) is 9.84 Å². The lowest BCUT2D eigenvalue weighted by Crippen LogP contribution is -2.33. The molecule has 2 N–H and O–H groups in total. The van der Waals surface area contributed by atoms with Crippen molar-refractivity contribution in [2.45, 2.75) is 30.7 Å². The minimum Gasteiger partial charge on any atom is -0.341 e. The maximum absolute atomic E-state index is 11.8. The number of fused-ring (bicyclic) bond motifs is 1. The predicted octanol–water partition coefficient (Wildman–Crippen LogP) is 2.03. The molecule has 20 heavy (non-hydrogen) atoms. The topological polar surface area (TPSA) is 74.8 Å². The molecule has 1 aliphatic rings. The lowest BCUT2D eigenvalue weighted by atomic mass is 9.92. The molecule has 6 heteroatoms. The number of hydrogen-bond donors (Lipinski definition) is 2. The van der Waals surface area contributed by atoms with Crippen LogP contribution in [0, 0.1) is 5.92 Å². The highest BCUT2D eigenvalue weighted by atomic mass is 32.2. The van der Waals surface area contributed by atoms with Gasteiger partial charge >= 0.3 is 0 Å². The third kappa shape index (κ3) is 2.33. The Bertz CT molecular complexity index is 736. The first-order chi connectivity index (χ1) is 9.47. The van der Waals surface area contributed by atoms with Crippen LogP contribution < -0.4 is 5.32 Å². The Morgan fingerprint density at radius 3 is 2.85 bits per heavy atom. The van der Waals surface area contributed by atoms with E-state index in [1.807, 2.05) is 6.07 Å². The molecule has 2 heterocycles. The summed E-state index contributed by atoms with van der Waals surface area (Å²) in [6.07, 6.45) is 3.55. The van der Waals surface area contributed by atoms with Gasteiger partial charge in [-0.1, -0.05) is 13.0 Å². The molecular formula is C14H19N3O2S. The van der Waals surface area contributed by atoms with Crippen LogP contribution in [0.2, 0.25) is 0 Å². The second-order valence-corrected chi connectivity index (χ2v) is 7.58. The van der Waals surface area contributed by atoms with Crippen molar-refractivity contribution < 1.29 is 8.42 Å². The number of sulfone groups is 1. The number of aromatic amines is 1. The lowest BCUT2D eigenvalue weighted by molar-refractivity contribution is 0.296. The predicted molar refractivity (Wildman–Crippen MR) is 78.3 cm³/mol. The molecule has 2 unspecified atom stereocenters. The van der Waals surface area contributed by atoms with Crippen molar-refractivity contribution >= 4 is 20.9 Å². The molecule has 108 valence electrons. The van der Waals surface area contributed by atoms with E-state index in [1.54, 1.807) is 12.1 Å². The summed E-state index contributed by atoms with van der Waals surface area (Å²) < 4.78 is 23.7. The number of piperidine rings is 1. The molecule has 1 aliphatic heterocycles. The molecule has 0 bridgehead atoms. The number of benzene rings is 1. The van der Waals surface area contributed by atoms with E-state index in [1.165, 1.54) is 12.7 Å². The molecule has 2 atom stereocenters. The van der Waals surface area contributed by atoms with Gasteiger partial charge in [0, 0.05) is 6.26 Å². The molecule has 0 spiro atoms. The zero-order valence-electron chi connectivity index (χ0n) is 11.7. The first-order valence-electron chi connectivity index (χ1n) is 6.89. The number of para-hydroxylation sites is 1. The maximum atomic E-state index is 11.8. The highest BCUT2D eigenvalue weighted by Gasteiger charge is 2.26. The Balaban J connectivity index is 2.11. The van der Waals surface area contributed by atoms with Crippen LogP contribution in [0.25, 0.3) is 11.0 Å². The molecule has 1 aromatic heterocycles. The van der Waals surface area contributed by atoms with Crippen LogP contribution in [0.1, 0.15) is 31.6 Å². The molecule has 0 saturated carbocycles. The normalized spacial score (nSPS) is 24.1. The average molecular weight is 293 g/mol. The molecular weight excluding hydrogens is 274 g/mol. The molecule has 0 radical (unpaired) electrons. The van der Waals surface area contributed by atoms with Gasteiger partial charge in [-0.2, -0.15) is 0 Å². The first-order valence-corrected chi connectivity index (χ1v) is 8.78. The van der Waals surface area contributed by atoms with Crippen molar-refractivity contribution in [2.75, 3.05) is 12.8 Å². The highest BCUT2D eigenvalue weighted by Crippen LogP contribution is 2.30. The van der Waals surface area contributed by atoms with Crippen molar-refractivity contribution in [1.82, 2.24) is 15.3 Å². The van der Waals surface area contributed by atoms with Gasteiger partial charge in [-0.3, -0.25) is 0 Å². The summed E-state index contributed by atoms with van der Waals surface area (Å²) in [5.74, 6) is 1.33. The third-order valence-corrected chi connectivity index (χ3v) is 5.09. The number of nitrogens with one attached hydrogen (secondary N) is 2. The molecule has 1 aromatic carbocycles. The summed E-state index contributed by atoms with van der Waals surface area (Å²) in [6, 6.07) is 5.40. The zero-order chi connectivity index (χ0) is 14.3. The Labute approximate surface area is 118 Å². The summed E-state index contributed by atoms with van der Waals surface area (Å²) in [4.78, 5) is 8.12. The summed E-state index contributed by atoms with van der Waals surface area (Å²) in [5.41, 5.74) is 1.33. The summed E-state index contributed by atoms with van der Waals surface area (Å²) >= 11 is 0. The second-order valence-electron chi connectivity index (χ2n) is 5.60. The molecule has 5 nitrogen and oxygen atoms in total. The van der Waals surface area contributed by atoms with E-state index in [0.717, 1.165) is 24.3 Å². The Morgan fingerprint density at radius 1 is 1.35 bits per heavy atom. The molecule has 0 amide bonds. The number of rotatable bonds is 2. The quantitative estimate of drug-likeness (QED) is 0.888. The van der Waals surface area contributed by atoms with Crippen molar-refractivity contribution in [3.05, 3.63) is 24.0 Å². The van der Waals surface area contributed by atoms with Crippen molar-refractivity contribution in [3.63, 3.8) is 0 Å². The lowest BCUT2D eigenvalue weighted by Gasteiger charge is -2.28. The molecule has 2 aromatic rings. The summed E-state index contributed by atoms with van der Waals surface area (Å²) in [6.45, 7) is 3.17. The molecule has 0 aliphatic carbocycles. The van der Waals surface area contributed by atoms with Gasteiger partial charge in [0.05, 0.1) is 16.5 Å². The zero-order valence-corrected chi connectivity index (χ0v) is 12.5. The van der Waals surface area contributed by atoms with Crippen molar-refractivity contribution in [3.8, 4) is 0 Å². The van der Waals surface area contributed by atoms with Crippen molar-refractivity contribution in [2.24, 2.45) is 5.92 Å². The number of H-pyrrole nitrogens is 1. The fraction of sp³-hybridized carbons (Fsp3) is 0.500. The van der Waals surface area contributed by atoms with E-state index in [-0.39, 0.29) is 6.04 Å². The van der Waals surface area contributed by atoms with E-state index in [0.29, 0.717) is 16.3 Å². The van der Waals surface area contributed by atoms with Crippen LogP contribution in [0.4, 0.5) is 0 Å². The van der Waals surface area contributed by atoms with Gasteiger partial charge in [0.15, 0.2) is 9.84 Å². The van der Waals surface area contributed by atoms with Crippen molar-refractivity contribution in [1.29, 1.82) is 0 Å². The number of nitrogens with zero attached hydrogens (tertiary/aromatic N) is 1. The smallest absolute Gasteiger partial charge is 0.177 e. The third-order valence-electron chi connectivity index (χ3n) is 3.96. The van der Waals surface area contributed by atoms with Gasteiger partial charge in [0.1, 0.15) is 11.3 Å². The molecule has 1 fully saturated rings. The number of imidazole rings is 1. The van der Waals surface area contributed by atoms with E-state index in [4.69, 9.17) is 0 Å². The Morgan fingerprint density at radius 2 is 2.15 bits per heavy atom. The minimum absolute atomic E-state index is 0.170. The average Bonchev–Trinajstić information content (AvgIpc) is 2.81. The van der Waals surface area contributed by atoms with Crippen LogP contribution in [0.3, 0.4) is 0 Å². The molecule has 3 rings (SSSR count). The van der Waals surface area contributed by atoms with E-state index in [9.17, 15) is 8.42 Å². The van der Waals surface area contributed by atoms with E-state index < -0.39 is 9.84 Å². The van der Waals surface area contributed by atoms with Gasteiger partial charge in [0.2, 0.25) is 0 Å². The van der Waals surface area contributed by atoms with Crippen LogP contribution >= 0.6 is 0 Å². The Kier molecular flexibility index (Phi) is 3.30. The van der Waals surface area contributed by atoms with Crippen LogP contribution in [0.15, 0.2) is 23.1 Å². The molecule has 1 saturated heterocycles. The maximum Gasteiger partial charge on any atom is 0.177 e. The standard InChI is InChI=1S/C14H19N3O2S/c1-9-5-4-8-15-12(9)14-16-10-6-3-7-11(13(10)17-14)20(2,18)19/h3,6-7,9,12,15H,4-5,8H2,1-2H3,(H,16,17). The largest absolute Gasteiger partial charge is 0.341 e. The SMILES string of the molecule is CC1CCCNC1c1nc2c(S(C)(=O)=O)cccc2[nH]1. The monoisotopic (exact) mass is 293 g/mol. The van der Waals surface area contributed by atoms with Gasteiger partial charge in [-0.15, -0.1) is 0 Å². The van der Waals surface area contributed by atoms with E-state index in [2.05, 4.69) is 22.2 Å².